The summed E-state index contributed by atoms with van der Waals surface area (Å²) in [4.78, 5) is 52.5. The van der Waals surface area contributed by atoms with Crippen LogP contribution in [0.15, 0.2) is 55.1 Å². The van der Waals surface area contributed by atoms with Gasteiger partial charge in [-0.25, -0.2) is 4.79 Å². The van der Waals surface area contributed by atoms with Gasteiger partial charge in [0, 0.05) is 13.5 Å². The third-order valence-corrected chi connectivity index (χ3v) is 5.45. The van der Waals surface area contributed by atoms with E-state index in [1.54, 1.807) is 63.2 Å². The van der Waals surface area contributed by atoms with Crippen molar-refractivity contribution in [2.24, 2.45) is 0 Å². The zero-order valence-corrected chi connectivity index (χ0v) is 22.3. The Morgan fingerprint density at radius 3 is 2.34 bits per heavy atom. The molecule has 0 aliphatic heterocycles. The number of likely N-dealkylation sites (N-methyl/N-ethyl adjacent to an activating group) is 1. The fraction of sp³-hybridized carbons (Fsp3) is 0.357. The number of ether oxygens (including phenoxy) is 2. The number of carbonyl (C=O) groups excluding carboxylic acids is 4. The van der Waals surface area contributed by atoms with Gasteiger partial charge in [-0.05, 0) is 55.7 Å². The lowest BCUT2D eigenvalue weighted by atomic mass is 9.99. The molecule has 0 radical (unpaired) electrons. The molecule has 0 aliphatic rings. The number of hydrogen-bond acceptors (Lipinski definition) is 7. The third kappa shape index (κ3) is 8.95. The van der Waals surface area contributed by atoms with E-state index in [1.165, 1.54) is 31.2 Å². The summed E-state index contributed by atoms with van der Waals surface area (Å²) >= 11 is 0. The Hall–Kier alpha value is -4.34. The second-order valence-corrected chi connectivity index (χ2v) is 9.59. The van der Waals surface area contributed by atoms with Crippen LogP contribution in [0.3, 0.4) is 0 Å². The van der Waals surface area contributed by atoms with Crippen molar-refractivity contribution in [1.29, 1.82) is 0 Å². The first-order chi connectivity index (χ1) is 17.8. The van der Waals surface area contributed by atoms with Crippen molar-refractivity contribution < 1.29 is 33.8 Å². The van der Waals surface area contributed by atoms with Gasteiger partial charge in [-0.15, -0.1) is 0 Å². The molecule has 3 N–H and O–H groups in total. The van der Waals surface area contributed by atoms with E-state index in [-0.39, 0.29) is 18.7 Å². The predicted octanol–water partition coefficient (Wildman–Crippen LogP) is 2.96. The molecule has 0 aromatic heterocycles. The topological polar surface area (TPSA) is 134 Å². The quantitative estimate of drug-likeness (QED) is 0.406. The van der Waals surface area contributed by atoms with E-state index in [0.717, 1.165) is 5.56 Å². The molecule has 2 unspecified atom stereocenters. The standard InChI is InChI=1S/C28H35N3O7/c1-7-18-9-8-10-20(15-18)24(25(34)29-17-23(33)37-6)31(5)26(35)22(30-27(36)38-28(2,3)4)16-19-11-13-21(32)14-12-19/h7-15,22,24,32H,1,16-17H2,2-6H3,(H,29,34)(H,30,36). The zero-order valence-electron chi connectivity index (χ0n) is 22.3. The molecule has 0 fully saturated rings. The van der Waals surface area contributed by atoms with Crippen LogP contribution in [-0.2, 0) is 30.3 Å². The maximum absolute atomic E-state index is 13.8. The highest BCUT2D eigenvalue weighted by Crippen LogP contribution is 2.23. The molecule has 2 rings (SSSR count). The normalized spacial score (nSPS) is 12.4. The lowest BCUT2D eigenvalue weighted by Gasteiger charge is -2.31. The molecule has 0 bridgehead atoms. The summed E-state index contributed by atoms with van der Waals surface area (Å²) in [5.74, 6) is -1.79. The molecule has 10 heteroatoms. The van der Waals surface area contributed by atoms with E-state index < -0.39 is 41.6 Å². The zero-order chi connectivity index (χ0) is 28.5. The Bertz CT molecular complexity index is 1160. The van der Waals surface area contributed by atoms with Crippen LogP contribution in [-0.4, -0.2) is 66.2 Å². The van der Waals surface area contributed by atoms with Crippen LogP contribution in [0, 0.1) is 0 Å². The summed E-state index contributed by atoms with van der Waals surface area (Å²) in [6.07, 6.45) is 0.863. The highest BCUT2D eigenvalue weighted by Gasteiger charge is 2.34. The second-order valence-electron chi connectivity index (χ2n) is 9.59. The van der Waals surface area contributed by atoms with Gasteiger partial charge in [0.15, 0.2) is 0 Å². The number of methoxy groups -OCH3 is 1. The summed E-state index contributed by atoms with van der Waals surface area (Å²) in [5, 5.41) is 14.7. The number of benzene rings is 2. The molecule has 38 heavy (non-hydrogen) atoms. The largest absolute Gasteiger partial charge is 0.508 e. The van der Waals surface area contributed by atoms with Crippen molar-refractivity contribution >= 4 is 30.0 Å². The van der Waals surface area contributed by atoms with E-state index in [0.29, 0.717) is 11.1 Å². The molecule has 2 aromatic rings. The minimum Gasteiger partial charge on any atom is -0.508 e. The Balaban J connectivity index is 2.43. The first-order valence-electron chi connectivity index (χ1n) is 12.0. The molecule has 0 heterocycles. The molecule has 0 aliphatic carbocycles. The molecule has 3 amide bonds. The number of phenols is 1. The Kier molecular flexibility index (Phi) is 10.4. The summed E-state index contributed by atoms with van der Waals surface area (Å²) in [7, 11) is 2.64. The Labute approximate surface area is 222 Å². The number of esters is 1. The molecule has 2 aromatic carbocycles. The fourth-order valence-corrected chi connectivity index (χ4v) is 3.63. The average molecular weight is 526 g/mol. The van der Waals surface area contributed by atoms with Crippen molar-refractivity contribution in [3.8, 4) is 5.75 Å². The number of hydrogen-bond donors (Lipinski definition) is 3. The highest BCUT2D eigenvalue weighted by atomic mass is 16.6. The van der Waals surface area contributed by atoms with Crippen molar-refractivity contribution in [1.82, 2.24) is 15.5 Å². The van der Waals surface area contributed by atoms with Gasteiger partial charge in [0.2, 0.25) is 11.8 Å². The third-order valence-electron chi connectivity index (χ3n) is 5.45. The molecule has 0 spiro atoms. The van der Waals surface area contributed by atoms with Gasteiger partial charge in [0.05, 0.1) is 7.11 Å². The van der Waals surface area contributed by atoms with Crippen LogP contribution in [0.5, 0.6) is 5.75 Å². The van der Waals surface area contributed by atoms with Gasteiger partial charge in [-0.2, -0.15) is 0 Å². The van der Waals surface area contributed by atoms with E-state index in [1.807, 2.05) is 0 Å². The van der Waals surface area contributed by atoms with Crippen LogP contribution in [0.1, 0.15) is 43.5 Å². The van der Waals surface area contributed by atoms with Crippen molar-refractivity contribution in [3.63, 3.8) is 0 Å². The number of phenolic OH excluding ortho intramolecular Hbond substituents is 1. The maximum Gasteiger partial charge on any atom is 0.408 e. The number of nitrogens with one attached hydrogen (secondary N) is 2. The second kappa shape index (κ2) is 13.3. The van der Waals surface area contributed by atoms with Gasteiger partial charge in [-0.3, -0.25) is 14.4 Å². The molecular formula is C28H35N3O7. The van der Waals surface area contributed by atoms with Crippen molar-refractivity contribution in [2.45, 2.75) is 44.9 Å². The first kappa shape index (κ1) is 29.9. The van der Waals surface area contributed by atoms with Gasteiger partial charge >= 0.3 is 12.1 Å². The van der Waals surface area contributed by atoms with E-state index in [4.69, 9.17) is 4.74 Å². The van der Waals surface area contributed by atoms with Crippen LogP contribution in [0.4, 0.5) is 4.79 Å². The van der Waals surface area contributed by atoms with Crippen LogP contribution in [0.25, 0.3) is 6.08 Å². The maximum atomic E-state index is 13.8. The van der Waals surface area contributed by atoms with Crippen LogP contribution < -0.4 is 10.6 Å². The lowest BCUT2D eigenvalue weighted by Crippen LogP contribution is -2.52. The molecule has 0 saturated heterocycles. The average Bonchev–Trinajstić information content (AvgIpc) is 2.86. The SMILES string of the molecule is C=Cc1cccc(C(C(=O)NCC(=O)OC)N(C)C(=O)C(Cc2ccc(O)cc2)NC(=O)OC(C)(C)C)c1. The van der Waals surface area contributed by atoms with Crippen molar-refractivity contribution in [3.05, 3.63) is 71.8 Å². The van der Waals surface area contributed by atoms with Crippen LogP contribution in [0.2, 0.25) is 0 Å². The predicted molar refractivity (Wildman–Crippen MR) is 142 cm³/mol. The monoisotopic (exact) mass is 525 g/mol. The Morgan fingerprint density at radius 2 is 1.76 bits per heavy atom. The summed E-state index contributed by atoms with van der Waals surface area (Å²) in [6, 6.07) is 10.8. The van der Waals surface area contributed by atoms with E-state index >= 15 is 0 Å². The number of amides is 3. The van der Waals surface area contributed by atoms with Gasteiger partial charge in [0.1, 0.15) is 30.0 Å². The minimum absolute atomic E-state index is 0.0540. The van der Waals surface area contributed by atoms with Gasteiger partial charge < -0.3 is 30.1 Å². The van der Waals surface area contributed by atoms with Gasteiger partial charge in [-0.1, -0.05) is 43.0 Å². The molecular weight excluding hydrogens is 490 g/mol. The number of aromatic hydroxyl groups is 1. The molecule has 10 nitrogen and oxygen atoms in total. The van der Waals surface area contributed by atoms with Crippen molar-refractivity contribution in [2.75, 3.05) is 20.7 Å². The van der Waals surface area contributed by atoms with E-state index in [9.17, 15) is 24.3 Å². The Morgan fingerprint density at radius 1 is 1.11 bits per heavy atom. The van der Waals surface area contributed by atoms with Gasteiger partial charge in [0.25, 0.3) is 0 Å². The fourth-order valence-electron chi connectivity index (χ4n) is 3.63. The van der Waals surface area contributed by atoms with Crippen LogP contribution >= 0.6 is 0 Å². The molecule has 2 atom stereocenters. The molecule has 204 valence electrons. The number of alkyl carbamates (subject to hydrolysis) is 1. The van der Waals surface area contributed by atoms with E-state index in [2.05, 4.69) is 21.9 Å². The highest BCUT2D eigenvalue weighted by molar-refractivity contribution is 5.93. The lowest BCUT2D eigenvalue weighted by molar-refractivity contribution is -0.143. The summed E-state index contributed by atoms with van der Waals surface area (Å²) in [6.45, 7) is 8.46. The number of nitrogens with zero attached hydrogens (tertiary/aromatic N) is 1. The minimum atomic E-state index is -1.14. The first-order valence-corrected chi connectivity index (χ1v) is 12.0. The summed E-state index contributed by atoms with van der Waals surface area (Å²) in [5.41, 5.74) is 1.05. The number of rotatable bonds is 10. The number of carbonyl (C=O) groups is 4. The smallest absolute Gasteiger partial charge is 0.408 e. The summed E-state index contributed by atoms with van der Waals surface area (Å²) < 4.78 is 9.95. The molecule has 0 saturated carbocycles.